The topological polar surface area (TPSA) is 105 Å². The largest absolute Gasteiger partial charge is 0.349 e. The first-order valence-corrected chi connectivity index (χ1v) is 15.1. The third-order valence-corrected chi connectivity index (χ3v) is 8.22. The Kier molecular flexibility index (Phi) is 8.70. The summed E-state index contributed by atoms with van der Waals surface area (Å²) in [6.45, 7) is 0.240. The predicted molar refractivity (Wildman–Crippen MR) is 175 cm³/mol. The molecule has 8 nitrogen and oxygen atoms in total. The van der Waals surface area contributed by atoms with Crippen LogP contribution in [0, 0.1) is 0 Å². The van der Waals surface area contributed by atoms with Crippen LogP contribution in [0.4, 0.5) is 17.2 Å². The second-order valence-corrected chi connectivity index (χ2v) is 11.4. The molecule has 1 aromatic heterocycles. The van der Waals surface area contributed by atoms with Crippen molar-refractivity contribution < 1.29 is 9.59 Å². The summed E-state index contributed by atoms with van der Waals surface area (Å²) in [6, 6.07) is 28.9. The van der Waals surface area contributed by atoms with Gasteiger partial charge in [0.05, 0.1) is 22.6 Å². The number of hydrogen-bond donors (Lipinski definition) is 3. The normalized spacial score (nSPS) is 13.4. The maximum Gasteiger partial charge on any atom is 0.275 e. The number of anilines is 3. The number of carbonyl (C=O) groups is 2. The molecule has 2 amide bonds. The summed E-state index contributed by atoms with van der Waals surface area (Å²) in [5, 5.41) is 15.6. The van der Waals surface area contributed by atoms with Crippen LogP contribution < -0.4 is 21.5 Å². The fraction of sp³-hybridized carbons (Fsp3) is 0.200. The van der Waals surface area contributed by atoms with Gasteiger partial charge in [0.15, 0.2) is 5.82 Å². The molecule has 1 fully saturated rings. The fourth-order valence-corrected chi connectivity index (χ4v) is 5.67. The Morgan fingerprint density at radius 1 is 0.773 bits per heavy atom. The van der Waals surface area contributed by atoms with E-state index in [-0.39, 0.29) is 30.0 Å². The number of para-hydroxylation sites is 1. The van der Waals surface area contributed by atoms with Crippen LogP contribution in [0.5, 0.6) is 0 Å². The smallest absolute Gasteiger partial charge is 0.275 e. The van der Waals surface area contributed by atoms with Gasteiger partial charge in [-0.25, -0.2) is 4.68 Å². The fourth-order valence-electron chi connectivity index (χ4n) is 5.48. The van der Waals surface area contributed by atoms with E-state index in [1.807, 2.05) is 30.3 Å². The Bertz CT molecular complexity index is 1860. The number of rotatable bonds is 8. The number of nitrogens with zero attached hydrogens (tertiary/aromatic N) is 2. The van der Waals surface area contributed by atoms with Crippen LogP contribution in [0.15, 0.2) is 102 Å². The molecule has 0 bridgehead atoms. The molecule has 4 aromatic carbocycles. The van der Waals surface area contributed by atoms with Gasteiger partial charge in [-0.15, -0.1) is 0 Å². The third-order valence-electron chi connectivity index (χ3n) is 7.89. The molecular weight excluding hydrogens is 574 g/mol. The zero-order chi connectivity index (χ0) is 30.5. The minimum atomic E-state index is -0.278. The number of benzene rings is 4. The summed E-state index contributed by atoms with van der Waals surface area (Å²) in [6.07, 6.45) is 5.60. The van der Waals surface area contributed by atoms with E-state index in [2.05, 4.69) is 21.0 Å². The average Bonchev–Trinajstić information content (AvgIpc) is 3.05. The van der Waals surface area contributed by atoms with Crippen LogP contribution in [0.3, 0.4) is 0 Å². The van der Waals surface area contributed by atoms with Gasteiger partial charge >= 0.3 is 0 Å². The molecule has 9 heteroatoms. The summed E-state index contributed by atoms with van der Waals surface area (Å²) in [5.41, 5.74) is 2.95. The third kappa shape index (κ3) is 6.66. The van der Waals surface area contributed by atoms with Crippen molar-refractivity contribution in [3.63, 3.8) is 0 Å². The lowest BCUT2D eigenvalue weighted by Crippen LogP contribution is -2.36. The standard InChI is InChI=1S/C35H32ClN5O3/c36-30-12-6-7-13-31(30)39-34(43)25-18-20-27(21-19-25)37-32-28-10-4-5-11-29(28)35(44)41(40-32)22-23-14-16-24(17-15-23)33(42)38-26-8-2-1-3-9-26/h4-7,10-21,26H,1-3,8-9,22H2,(H,37,40)(H,38,42)(H,39,43). The highest BCUT2D eigenvalue weighted by Crippen LogP contribution is 2.25. The Morgan fingerprint density at radius 3 is 2.14 bits per heavy atom. The molecule has 44 heavy (non-hydrogen) atoms. The maximum atomic E-state index is 13.4. The second kappa shape index (κ2) is 13.1. The molecule has 1 aliphatic rings. The molecule has 0 spiro atoms. The first-order valence-electron chi connectivity index (χ1n) is 14.8. The molecule has 0 atom stereocenters. The van der Waals surface area contributed by atoms with E-state index in [1.54, 1.807) is 66.7 Å². The Labute approximate surface area is 260 Å². The van der Waals surface area contributed by atoms with Crippen molar-refractivity contribution in [3.8, 4) is 0 Å². The Hall–Kier alpha value is -4.95. The van der Waals surface area contributed by atoms with Crippen LogP contribution in [0.25, 0.3) is 10.8 Å². The van der Waals surface area contributed by atoms with Gasteiger partial charge in [-0.1, -0.05) is 73.3 Å². The number of aromatic nitrogens is 2. The van der Waals surface area contributed by atoms with E-state index >= 15 is 0 Å². The van der Waals surface area contributed by atoms with E-state index in [9.17, 15) is 14.4 Å². The molecule has 5 aromatic rings. The molecule has 1 heterocycles. The van der Waals surface area contributed by atoms with Crippen LogP contribution in [-0.4, -0.2) is 27.6 Å². The van der Waals surface area contributed by atoms with Crippen molar-refractivity contribution in [1.82, 2.24) is 15.1 Å². The van der Waals surface area contributed by atoms with Crippen LogP contribution in [0.2, 0.25) is 5.02 Å². The first kappa shape index (κ1) is 29.1. The number of amides is 2. The zero-order valence-corrected chi connectivity index (χ0v) is 24.8. The quantitative estimate of drug-likeness (QED) is 0.174. The summed E-state index contributed by atoms with van der Waals surface area (Å²) in [4.78, 5) is 38.9. The summed E-state index contributed by atoms with van der Waals surface area (Å²) >= 11 is 6.17. The highest BCUT2D eigenvalue weighted by atomic mass is 35.5. The summed E-state index contributed by atoms with van der Waals surface area (Å²) in [7, 11) is 0. The van der Waals surface area contributed by atoms with Gasteiger partial charge in [0.1, 0.15) is 0 Å². The minimum Gasteiger partial charge on any atom is -0.349 e. The molecule has 222 valence electrons. The highest BCUT2D eigenvalue weighted by Gasteiger charge is 2.17. The lowest BCUT2D eigenvalue weighted by atomic mass is 9.95. The number of carbonyl (C=O) groups excluding carboxylic acids is 2. The molecule has 0 aliphatic heterocycles. The van der Waals surface area contributed by atoms with Gasteiger partial charge in [0.2, 0.25) is 0 Å². The van der Waals surface area contributed by atoms with E-state index in [0.717, 1.165) is 31.2 Å². The molecule has 6 rings (SSSR count). The van der Waals surface area contributed by atoms with Crippen molar-refractivity contribution in [3.05, 3.63) is 129 Å². The van der Waals surface area contributed by atoms with Crippen molar-refractivity contribution in [2.24, 2.45) is 0 Å². The molecule has 0 radical (unpaired) electrons. The van der Waals surface area contributed by atoms with Gasteiger partial charge in [-0.2, -0.15) is 5.10 Å². The molecule has 3 N–H and O–H groups in total. The van der Waals surface area contributed by atoms with Gasteiger partial charge in [0, 0.05) is 28.2 Å². The van der Waals surface area contributed by atoms with Crippen molar-refractivity contribution in [1.29, 1.82) is 0 Å². The van der Waals surface area contributed by atoms with E-state index in [4.69, 9.17) is 11.6 Å². The van der Waals surface area contributed by atoms with Gasteiger partial charge in [-0.3, -0.25) is 14.4 Å². The molecule has 1 aliphatic carbocycles. The van der Waals surface area contributed by atoms with Crippen LogP contribution in [0.1, 0.15) is 58.4 Å². The summed E-state index contributed by atoms with van der Waals surface area (Å²) in [5.74, 6) is 0.166. The molecular formula is C35H32ClN5O3. The lowest BCUT2D eigenvalue weighted by molar-refractivity contribution is 0.0927. The van der Waals surface area contributed by atoms with Crippen molar-refractivity contribution in [2.45, 2.75) is 44.7 Å². The lowest BCUT2D eigenvalue weighted by Gasteiger charge is -2.22. The SMILES string of the molecule is O=C(Nc1ccccc1Cl)c1ccc(Nc2nn(Cc3ccc(C(=O)NC4CCCCC4)cc3)c(=O)c3ccccc23)cc1. The number of halogens is 1. The first-order chi connectivity index (χ1) is 21.4. The van der Waals surface area contributed by atoms with Crippen LogP contribution in [-0.2, 0) is 6.54 Å². The molecule has 1 saturated carbocycles. The summed E-state index contributed by atoms with van der Waals surface area (Å²) < 4.78 is 1.42. The average molecular weight is 606 g/mol. The number of fused-ring (bicyclic) bond motifs is 1. The molecule has 0 unspecified atom stereocenters. The van der Waals surface area contributed by atoms with Crippen molar-refractivity contribution in [2.75, 3.05) is 10.6 Å². The van der Waals surface area contributed by atoms with Gasteiger partial charge < -0.3 is 16.0 Å². The van der Waals surface area contributed by atoms with Gasteiger partial charge in [-0.05, 0) is 73.0 Å². The van der Waals surface area contributed by atoms with Crippen LogP contribution >= 0.6 is 11.6 Å². The van der Waals surface area contributed by atoms with E-state index in [0.29, 0.717) is 44.1 Å². The molecule has 0 saturated heterocycles. The Balaban J connectivity index is 1.19. The highest BCUT2D eigenvalue weighted by molar-refractivity contribution is 6.33. The maximum absolute atomic E-state index is 13.4. The monoisotopic (exact) mass is 605 g/mol. The van der Waals surface area contributed by atoms with Gasteiger partial charge in [0.25, 0.3) is 17.4 Å². The van der Waals surface area contributed by atoms with E-state index in [1.165, 1.54) is 11.1 Å². The van der Waals surface area contributed by atoms with Crippen molar-refractivity contribution >= 4 is 51.4 Å². The zero-order valence-electron chi connectivity index (χ0n) is 24.1. The predicted octanol–water partition coefficient (Wildman–Crippen LogP) is 7.16. The minimum absolute atomic E-state index is 0.0664. The number of hydrogen-bond acceptors (Lipinski definition) is 5. The second-order valence-electron chi connectivity index (χ2n) is 11.0. The van der Waals surface area contributed by atoms with E-state index < -0.39 is 0 Å². The number of nitrogens with one attached hydrogen (secondary N) is 3. The Morgan fingerprint density at radius 2 is 1.41 bits per heavy atom.